The molecule has 1 aliphatic heterocycles. The summed E-state index contributed by atoms with van der Waals surface area (Å²) in [6, 6.07) is 0.207. The van der Waals surface area contributed by atoms with Gasteiger partial charge in [-0.05, 0) is 31.1 Å². The average Bonchev–Trinajstić information content (AvgIpc) is 2.79. The monoisotopic (exact) mass is 290 g/mol. The van der Waals surface area contributed by atoms with Gasteiger partial charge >= 0.3 is 5.97 Å². The van der Waals surface area contributed by atoms with Gasteiger partial charge < -0.3 is 10.5 Å². The first-order chi connectivity index (χ1) is 8.92. The van der Waals surface area contributed by atoms with Crippen molar-refractivity contribution >= 4 is 16.0 Å². The molecule has 7 heteroatoms. The summed E-state index contributed by atoms with van der Waals surface area (Å²) in [7, 11) is -2.08. The third-order valence-electron chi connectivity index (χ3n) is 4.24. The molecule has 2 aliphatic rings. The molecule has 1 saturated carbocycles. The molecule has 0 aromatic heterocycles. The van der Waals surface area contributed by atoms with Crippen molar-refractivity contribution in [2.45, 2.75) is 31.7 Å². The molecular formula is C12H22N2O4S. The second-order valence-corrected chi connectivity index (χ2v) is 7.64. The largest absolute Gasteiger partial charge is 0.469 e. The van der Waals surface area contributed by atoms with Gasteiger partial charge in [-0.25, -0.2) is 12.7 Å². The van der Waals surface area contributed by atoms with Crippen molar-refractivity contribution in [3.63, 3.8) is 0 Å². The first kappa shape index (κ1) is 14.7. The Morgan fingerprint density at radius 3 is 2.68 bits per heavy atom. The SMILES string of the molecule is COC(=O)CCS(=O)(=O)N1C[C@H]2CCC(N)C[C@H]2C1. The Labute approximate surface area is 114 Å². The molecule has 1 aliphatic carbocycles. The maximum atomic E-state index is 12.2. The number of hydrogen-bond acceptors (Lipinski definition) is 5. The number of fused-ring (bicyclic) bond motifs is 1. The topological polar surface area (TPSA) is 89.7 Å². The fraction of sp³-hybridized carbons (Fsp3) is 0.917. The van der Waals surface area contributed by atoms with Gasteiger partial charge in [0, 0.05) is 19.1 Å². The highest BCUT2D eigenvalue weighted by Gasteiger charge is 2.41. The Morgan fingerprint density at radius 2 is 2.00 bits per heavy atom. The molecule has 0 aromatic carbocycles. The number of esters is 1. The summed E-state index contributed by atoms with van der Waals surface area (Å²) in [5.74, 6) is 0.178. The maximum Gasteiger partial charge on any atom is 0.306 e. The minimum atomic E-state index is -3.35. The van der Waals surface area contributed by atoms with Crippen LogP contribution in [0.1, 0.15) is 25.7 Å². The summed E-state index contributed by atoms with van der Waals surface area (Å²) in [6.07, 6.45) is 2.82. The summed E-state index contributed by atoms with van der Waals surface area (Å²) in [6.45, 7) is 1.14. The lowest BCUT2D eigenvalue weighted by molar-refractivity contribution is -0.140. The lowest BCUT2D eigenvalue weighted by Crippen LogP contribution is -2.33. The van der Waals surface area contributed by atoms with Gasteiger partial charge in [0.1, 0.15) is 0 Å². The summed E-state index contributed by atoms with van der Waals surface area (Å²) in [4.78, 5) is 11.0. The van der Waals surface area contributed by atoms with E-state index in [1.807, 2.05) is 0 Å². The zero-order valence-corrected chi connectivity index (χ0v) is 12.1. The minimum Gasteiger partial charge on any atom is -0.469 e. The first-order valence-electron chi connectivity index (χ1n) is 6.72. The van der Waals surface area contributed by atoms with Crippen LogP contribution in [0.25, 0.3) is 0 Å². The molecule has 19 heavy (non-hydrogen) atoms. The summed E-state index contributed by atoms with van der Waals surface area (Å²) in [5.41, 5.74) is 5.93. The van der Waals surface area contributed by atoms with Crippen molar-refractivity contribution in [3.05, 3.63) is 0 Å². The molecule has 0 aromatic rings. The van der Waals surface area contributed by atoms with Crippen LogP contribution in [0.2, 0.25) is 0 Å². The lowest BCUT2D eigenvalue weighted by Gasteiger charge is -2.28. The van der Waals surface area contributed by atoms with E-state index in [9.17, 15) is 13.2 Å². The molecule has 2 fully saturated rings. The van der Waals surface area contributed by atoms with Crippen molar-refractivity contribution in [1.29, 1.82) is 0 Å². The molecule has 6 nitrogen and oxygen atoms in total. The molecule has 110 valence electrons. The van der Waals surface area contributed by atoms with E-state index in [1.54, 1.807) is 0 Å². The third-order valence-corrected chi connectivity index (χ3v) is 6.05. The number of nitrogens with zero attached hydrogens (tertiary/aromatic N) is 1. The van der Waals surface area contributed by atoms with Crippen molar-refractivity contribution in [1.82, 2.24) is 4.31 Å². The molecule has 0 amide bonds. The van der Waals surface area contributed by atoms with E-state index >= 15 is 0 Å². The summed E-state index contributed by atoms with van der Waals surface area (Å²) >= 11 is 0. The predicted molar refractivity (Wildman–Crippen MR) is 70.8 cm³/mol. The molecule has 2 rings (SSSR count). The van der Waals surface area contributed by atoms with E-state index in [1.165, 1.54) is 11.4 Å². The minimum absolute atomic E-state index is 0.0792. The number of rotatable bonds is 4. The van der Waals surface area contributed by atoms with Gasteiger partial charge in [0.25, 0.3) is 0 Å². The first-order valence-corrected chi connectivity index (χ1v) is 8.33. The molecule has 0 bridgehead atoms. The predicted octanol–water partition coefficient (Wildman–Crippen LogP) is -0.0615. The van der Waals surface area contributed by atoms with Crippen molar-refractivity contribution < 1.29 is 17.9 Å². The highest BCUT2D eigenvalue weighted by atomic mass is 32.2. The standard InChI is InChI=1S/C12H22N2O4S/c1-18-12(15)4-5-19(16,17)14-7-9-2-3-11(13)6-10(9)8-14/h9-11H,2-8,13H2,1H3/t9-,10+,11?/m1/s1. The second kappa shape index (κ2) is 5.76. The van der Waals surface area contributed by atoms with Gasteiger partial charge in [0.15, 0.2) is 0 Å². The maximum absolute atomic E-state index is 12.2. The van der Waals surface area contributed by atoms with Crippen LogP contribution in [-0.2, 0) is 19.6 Å². The van der Waals surface area contributed by atoms with Crippen LogP contribution in [0.15, 0.2) is 0 Å². The van der Waals surface area contributed by atoms with Crippen LogP contribution in [0, 0.1) is 11.8 Å². The van der Waals surface area contributed by atoms with Gasteiger partial charge in [-0.1, -0.05) is 0 Å². The number of methoxy groups -OCH3 is 1. The Hall–Kier alpha value is -0.660. The molecule has 2 N–H and O–H groups in total. The zero-order valence-electron chi connectivity index (χ0n) is 11.2. The van der Waals surface area contributed by atoms with Gasteiger partial charge in [0.05, 0.1) is 19.3 Å². The fourth-order valence-corrected chi connectivity index (χ4v) is 4.62. The number of nitrogens with two attached hydrogens (primary N) is 1. The number of carbonyl (C=O) groups excluding carboxylic acids is 1. The van der Waals surface area contributed by atoms with Crippen LogP contribution < -0.4 is 5.73 Å². The van der Waals surface area contributed by atoms with Crippen LogP contribution >= 0.6 is 0 Å². The summed E-state index contributed by atoms with van der Waals surface area (Å²) < 4.78 is 30.3. The highest BCUT2D eigenvalue weighted by molar-refractivity contribution is 7.89. The Bertz CT molecular complexity index is 437. The van der Waals surface area contributed by atoms with E-state index in [0.29, 0.717) is 24.9 Å². The van der Waals surface area contributed by atoms with Crippen molar-refractivity contribution in [2.24, 2.45) is 17.6 Å². The molecular weight excluding hydrogens is 268 g/mol. The van der Waals surface area contributed by atoms with Crippen LogP contribution in [0.5, 0.6) is 0 Å². The molecule has 3 atom stereocenters. The van der Waals surface area contributed by atoms with E-state index in [-0.39, 0.29) is 18.2 Å². The highest BCUT2D eigenvalue weighted by Crippen LogP contribution is 2.36. The number of hydrogen-bond donors (Lipinski definition) is 1. The fourth-order valence-electron chi connectivity index (χ4n) is 3.10. The van der Waals surface area contributed by atoms with E-state index in [4.69, 9.17) is 5.73 Å². The second-order valence-electron chi connectivity index (χ2n) is 5.55. The van der Waals surface area contributed by atoms with Crippen LogP contribution in [0.4, 0.5) is 0 Å². The van der Waals surface area contributed by atoms with E-state index in [2.05, 4.69) is 4.74 Å². The Balaban J connectivity index is 1.93. The Kier molecular flexibility index (Phi) is 4.47. The smallest absolute Gasteiger partial charge is 0.306 e. The number of ether oxygens (including phenoxy) is 1. The lowest BCUT2D eigenvalue weighted by atomic mass is 9.79. The zero-order chi connectivity index (χ0) is 14.0. The summed E-state index contributed by atoms with van der Waals surface area (Å²) in [5, 5.41) is 0. The van der Waals surface area contributed by atoms with Gasteiger partial charge in [-0.3, -0.25) is 4.79 Å². The van der Waals surface area contributed by atoms with Gasteiger partial charge in [-0.2, -0.15) is 0 Å². The number of carbonyl (C=O) groups is 1. The molecule has 1 saturated heterocycles. The quantitative estimate of drug-likeness (QED) is 0.733. The molecule has 0 radical (unpaired) electrons. The molecule has 0 spiro atoms. The number of sulfonamides is 1. The van der Waals surface area contributed by atoms with E-state index in [0.717, 1.165) is 19.3 Å². The van der Waals surface area contributed by atoms with Crippen molar-refractivity contribution in [2.75, 3.05) is 26.0 Å². The average molecular weight is 290 g/mol. The van der Waals surface area contributed by atoms with E-state index < -0.39 is 16.0 Å². The molecule has 1 unspecified atom stereocenters. The normalized spacial score (nSPS) is 32.0. The molecule has 1 heterocycles. The van der Waals surface area contributed by atoms with Crippen LogP contribution in [0.3, 0.4) is 0 Å². The van der Waals surface area contributed by atoms with Gasteiger partial charge in [-0.15, -0.1) is 0 Å². The Morgan fingerprint density at radius 1 is 1.32 bits per heavy atom. The van der Waals surface area contributed by atoms with Crippen LogP contribution in [-0.4, -0.2) is 50.7 Å². The van der Waals surface area contributed by atoms with Crippen molar-refractivity contribution in [3.8, 4) is 0 Å². The van der Waals surface area contributed by atoms with Gasteiger partial charge in [0.2, 0.25) is 10.0 Å². The third kappa shape index (κ3) is 3.46.